The molecule has 0 bridgehead atoms. The van der Waals surface area contributed by atoms with E-state index < -0.39 is 16.5 Å². The van der Waals surface area contributed by atoms with Gasteiger partial charge in [-0.15, -0.1) is 0 Å². The molecule has 31 heavy (non-hydrogen) atoms. The van der Waals surface area contributed by atoms with Crippen LogP contribution in [0.2, 0.25) is 13.1 Å². The molecule has 0 fully saturated rings. The molecule has 4 aromatic carbocycles. The zero-order valence-electron chi connectivity index (χ0n) is 18.1. The van der Waals surface area contributed by atoms with Gasteiger partial charge in [-0.05, 0) is 33.8 Å². The Morgan fingerprint density at radius 1 is 0.484 bits per heavy atom. The predicted octanol–water partition coefficient (Wildman–Crippen LogP) is 4.42. The highest BCUT2D eigenvalue weighted by Gasteiger charge is 2.50. The summed E-state index contributed by atoms with van der Waals surface area (Å²) in [4.78, 5) is 0. The van der Waals surface area contributed by atoms with Gasteiger partial charge >= 0.3 is 0 Å². The molecular formula is C27H28BrNSi2. The van der Waals surface area contributed by atoms with Gasteiger partial charge in [0.25, 0.3) is 0 Å². The van der Waals surface area contributed by atoms with Gasteiger partial charge in [0.2, 0.25) is 0 Å². The van der Waals surface area contributed by atoms with E-state index in [1.165, 1.54) is 20.7 Å². The van der Waals surface area contributed by atoms with Crippen molar-refractivity contribution in [1.82, 2.24) is 4.23 Å². The lowest BCUT2D eigenvalue weighted by molar-refractivity contribution is 0.767. The zero-order chi connectivity index (χ0) is 21.7. The van der Waals surface area contributed by atoms with Gasteiger partial charge in [-0.3, -0.25) is 0 Å². The molecule has 156 valence electrons. The van der Waals surface area contributed by atoms with Gasteiger partial charge in [0.05, 0.1) is 0 Å². The fraction of sp³-hybridized carbons (Fsp3) is 0.111. The number of benzene rings is 4. The number of nitrogens with zero attached hydrogens (tertiary/aromatic N) is 1. The van der Waals surface area contributed by atoms with Crippen LogP contribution in [0, 0.1) is 0 Å². The second-order valence-corrected chi connectivity index (χ2v) is 16.8. The van der Waals surface area contributed by atoms with Crippen LogP contribution in [-0.4, -0.2) is 26.2 Å². The molecule has 0 aliphatic carbocycles. The van der Waals surface area contributed by atoms with Crippen LogP contribution >= 0.6 is 15.9 Å². The molecule has 0 heterocycles. The molecule has 0 amide bonds. The molecule has 0 atom stereocenters. The summed E-state index contributed by atoms with van der Waals surface area (Å²) in [6.07, 6.45) is 0. The smallest absolute Gasteiger partial charge is 0.184 e. The van der Waals surface area contributed by atoms with E-state index in [9.17, 15) is 0 Å². The molecule has 4 rings (SSSR count). The maximum absolute atomic E-state index is 3.97. The van der Waals surface area contributed by atoms with E-state index >= 15 is 0 Å². The Bertz CT molecular complexity index is 921. The van der Waals surface area contributed by atoms with Gasteiger partial charge in [-0.2, -0.15) is 0 Å². The number of alkyl halides is 1. The molecular weight excluding hydrogens is 474 g/mol. The van der Waals surface area contributed by atoms with Crippen molar-refractivity contribution in [2.75, 3.05) is 5.45 Å². The summed E-state index contributed by atoms with van der Waals surface area (Å²) in [5.41, 5.74) is 0.825. The Kier molecular flexibility index (Phi) is 6.72. The van der Waals surface area contributed by atoms with Crippen LogP contribution < -0.4 is 20.7 Å². The van der Waals surface area contributed by atoms with Crippen molar-refractivity contribution < 1.29 is 0 Å². The Morgan fingerprint density at radius 3 is 0.903 bits per heavy atom. The number of rotatable bonds is 7. The first-order valence-corrected chi connectivity index (χ1v) is 16.7. The minimum absolute atomic E-state index is 0.825. The lowest BCUT2D eigenvalue weighted by Crippen LogP contribution is -2.81. The first-order valence-electron chi connectivity index (χ1n) is 10.7. The van der Waals surface area contributed by atoms with Crippen LogP contribution in [0.25, 0.3) is 0 Å². The van der Waals surface area contributed by atoms with Crippen molar-refractivity contribution in [1.29, 1.82) is 0 Å². The summed E-state index contributed by atoms with van der Waals surface area (Å²) < 4.78 is 2.84. The van der Waals surface area contributed by atoms with Crippen LogP contribution in [0.1, 0.15) is 0 Å². The van der Waals surface area contributed by atoms with E-state index in [0.29, 0.717) is 0 Å². The highest BCUT2D eigenvalue weighted by Crippen LogP contribution is 2.22. The Hall–Kier alpha value is -2.25. The van der Waals surface area contributed by atoms with Crippen molar-refractivity contribution in [3.8, 4) is 0 Å². The average molecular weight is 503 g/mol. The second-order valence-electron chi connectivity index (χ2n) is 8.16. The maximum Gasteiger partial charge on any atom is 0.184 e. The van der Waals surface area contributed by atoms with Crippen molar-refractivity contribution >= 4 is 53.1 Å². The van der Waals surface area contributed by atoms with Gasteiger partial charge in [-0.1, -0.05) is 137 Å². The van der Waals surface area contributed by atoms with Crippen LogP contribution in [0.15, 0.2) is 121 Å². The summed E-state index contributed by atoms with van der Waals surface area (Å²) in [6.45, 7) is 5.02. The normalized spacial score (nSPS) is 12.1. The summed E-state index contributed by atoms with van der Waals surface area (Å²) in [7, 11) is -4.57. The lowest BCUT2D eigenvalue weighted by Gasteiger charge is -2.50. The Balaban J connectivity index is 2.02. The maximum atomic E-state index is 3.97. The molecule has 0 aliphatic heterocycles. The predicted molar refractivity (Wildman–Crippen MR) is 143 cm³/mol. The molecule has 0 spiro atoms. The molecule has 0 radical (unpaired) electrons. The summed E-state index contributed by atoms with van der Waals surface area (Å²) >= 11 is 3.97. The van der Waals surface area contributed by atoms with Crippen molar-refractivity contribution in [2.24, 2.45) is 0 Å². The Morgan fingerprint density at radius 2 is 0.710 bits per heavy atom. The van der Waals surface area contributed by atoms with E-state index in [4.69, 9.17) is 0 Å². The van der Waals surface area contributed by atoms with Crippen molar-refractivity contribution in [2.45, 2.75) is 13.1 Å². The van der Waals surface area contributed by atoms with Gasteiger partial charge < -0.3 is 4.23 Å². The van der Waals surface area contributed by atoms with Gasteiger partial charge in [-0.25, -0.2) is 0 Å². The highest BCUT2D eigenvalue weighted by molar-refractivity contribution is 9.09. The SMILES string of the molecule is C[Si](c1ccccc1)(c1ccccc1)N(CBr)[Si](C)(c1ccccc1)c1ccccc1. The summed E-state index contributed by atoms with van der Waals surface area (Å²) in [5.74, 6) is 0. The number of halogens is 1. The van der Waals surface area contributed by atoms with Gasteiger partial charge in [0, 0.05) is 5.45 Å². The van der Waals surface area contributed by atoms with Gasteiger partial charge in [0.1, 0.15) is 0 Å². The summed E-state index contributed by atoms with van der Waals surface area (Å²) in [6, 6.07) is 44.5. The molecule has 1 nitrogen and oxygen atoms in total. The van der Waals surface area contributed by atoms with Crippen LogP contribution in [0.5, 0.6) is 0 Å². The van der Waals surface area contributed by atoms with E-state index in [1.807, 2.05) is 0 Å². The first-order chi connectivity index (χ1) is 15.1. The molecule has 0 aliphatic rings. The fourth-order valence-electron chi connectivity index (χ4n) is 4.69. The molecule has 0 unspecified atom stereocenters. The van der Waals surface area contributed by atoms with Crippen LogP contribution in [0.4, 0.5) is 0 Å². The summed E-state index contributed by atoms with van der Waals surface area (Å²) in [5, 5.41) is 5.75. The molecule has 0 aromatic heterocycles. The van der Waals surface area contributed by atoms with Crippen LogP contribution in [0.3, 0.4) is 0 Å². The standard InChI is InChI=1S/C27H28BrNSi2/c1-30(24-15-7-3-8-16-24,25-17-9-4-10-18-25)29(23-28)31(2,26-19-11-5-12-20-26)27-21-13-6-14-22-27/h3-22H,23H2,1-2H3. The van der Waals surface area contributed by atoms with Crippen molar-refractivity contribution in [3.05, 3.63) is 121 Å². The second kappa shape index (κ2) is 9.49. The third-order valence-corrected chi connectivity index (χ3v) is 19.0. The molecule has 0 saturated heterocycles. The first kappa shape index (κ1) is 22.0. The Labute approximate surface area is 196 Å². The largest absolute Gasteiger partial charge is 0.322 e. The minimum Gasteiger partial charge on any atom is -0.322 e. The van der Waals surface area contributed by atoms with Gasteiger partial charge in [0.15, 0.2) is 16.5 Å². The lowest BCUT2D eigenvalue weighted by atomic mass is 10.4. The van der Waals surface area contributed by atoms with Crippen LogP contribution in [-0.2, 0) is 0 Å². The third kappa shape index (κ3) is 4.01. The molecule has 4 heteroatoms. The zero-order valence-corrected chi connectivity index (χ0v) is 21.7. The monoisotopic (exact) mass is 501 g/mol. The fourth-order valence-corrected chi connectivity index (χ4v) is 18.6. The molecule has 4 aromatic rings. The highest BCUT2D eigenvalue weighted by atomic mass is 79.9. The number of hydrogen-bond acceptors (Lipinski definition) is 1. The quantitative estimate of drug-likeness (QED) is 0.206. The molecule has 0 N–H and O–H groups in total. The van der Waals surface area contributed by atoms with E-state index in [1.54, 1.807) is 0 Å². The number of hydrogen-bond donors (Lipinski definition) is 0. The van der Waals surface area contributed by atoms with E-state index in [-0.39, 0.29) is 0 Å². The third-order valence-electron chi connectivity index (χ3n) is 6.54. The topological polar surface area (TPSA) is 3.24 Å². The average Bonchev–Trinajstić information content (AvgIpc) is 2.86. The minimum atomic E-state index is -2.28. The molecule has 0 saturated carbocycles. The van der Waals surface area contributed by atoms with Crippen molar-refractivity contribution in [3.63, 3.8) is 0 Å². The van der Waals surface area contributed by atoms with E-state index in [0.717, 1.165) is 5.45 Å². The van der Waals surface area contributed by atoms with E-state index in [2.05, 4.69) is 155 Å².